The Kier molecular flexibility index (Phi) is 12.9. The van der Waals surface area contributed by atoms with Crippen LogP contribution in [0.5, 0.6) is 0 Å². The number of hydrogen-bond acceptors (Lipinski definition) is 8. The molecule has 1 fully saturated rings. The fraction of sp³-hybridized carbons (Fsp3) is 0.255. The van der Waals surface area contributed by atoms with Crippen molar-refractivity contribution in [3.63, 3.8) is 0 Å². The molecule has 0 aromatic heterocycles. The summed E-state index contributed by atoms with van der Waals surface area (Å²) in [6.07, 6.45) is -0.844. The maximum absolute atomic E-state index is 15.4. The highest BCUT2D eigenvalue weighted by atomic mass is 31.2. The Bertz CT molecular complexity index is 2330. The predicted molar refractivity (Wildman–Crippen MR) is 237 cm³/mol. The number of carboxylic acid groups (broad SMARTS) is 1. The van der Waals surface area contributed by atoms with Gasteiger partial charge < -0.3 is 19.2 Å². The van der Waals surface area contributed by atoms with Crippen LogP contribution < -0.4 is 15.9 Å². The molecule has 0 radical (unpaired) electrons. The number of nitrogens with zero attached hydrogens (tertiary/aromatic N) is 2. The van der Waals surface area contributed by atoms with E-state index in [0.29, 0.717) is 5.56 Å². The molecule has 60 heavy (non-hydrogen) atoms. The lowest BCUT2D eigenvalue weighted by Gasteiger charge is -2.53. The third kappa shape index (κ3) is 8.68. The van der Waals surface area contributed by atoms with Crippen LogP contribution in [0.3, 0.4) is 0 Å². The quantitative estimate of drug-likeness (QED) is 0.0210. The van der Waals surface area contributed by atoms with Crippen molar-refractivity contribution in [2.24, 2.45) is 5.92 Å². The van der Waals surface area contributed by atoms with Crippen molar-refractivity contribution in [3.8, 4) is 0 Å². The van der Waals surface area contributed by atoms with Crippen LogP contribution in [-0.4, -0.2) is 64.4 Å². The van der Waals surface area contributed by atoms with Crippen molar-refractivity contribution < 1.29 is 38.4 Å². The van der Waals surface area contributed by atoms with E-state index in [4.69, 9.17) is 9.16 Å². The molecule has 1 saturated heterocycles. The summed E-state index contributed by atoms with van der Waals surface area (Å²) in [5.74, 6) is -3.49. The van der Waals surface area contributed by atoms with Gasteiger partial charge in [-0.15, -0.1) is 0 Å². The van der Waals surface area contributed by atoms with Gasteiger partial charge in [0.2, 0.25) is 5.91 Å². The predicted octanol–water partition coefficient (Wildman–Crippen LogP) is 7.97. The summed E-state index contributed by atoms with van der Waals surface area (Å²) in [5.41, 5.74) is 0.741. The van der Waals surface area contributed by atoms with Gasteiger partial charge in [0.05, 0.1) is 28.6 Å². The minimum absolute atomic E-state index is 0.0239. The molecule has 1 N–H and O–H groups in total. The van der Waals surface area contributed by atoms with E-state index in [1.807, 2.05) is 97.9 Å². The van der Waals surface area contributed by atoms with Gasteiger partial charge in [0.1, 0.15) is 12.0 Å². The van der Waals surface area contributed by atoms with Crippen LogP contribution in [0.25, 0.3) is 0 Å². The number of rotatable bonds is 15. The molecular weight excluding hydrogens is 796 g/mol. The second kappa shape index (κ2) is 17.7. The monoisotopic (exact) mass is 844 g/mol. The van der Waals surface area contributed by atoms with Crippen molar-refractivity contribution >= 4 is 65.9 Å². The number of carboxylic acids is 1. The number of esters is 1. The number of carbonyl (C=O) groups is 4. The smallest absolute Gasteiger partial charge is 0.356 e. The Labute approximate surface area is 351 Å². The van der Waals surface area contributed by atoms with Gasteiger partial charge >= 0.3 is 11.9 Å². The normalized spacial score (nSPS) is 16.0. The van der Waals surface area contributed by atoms with Crippen LogP contribution in [0.2, 0.25) is 18.1 Å². The Morgan fingerprint density at radius 3 is 1.68 bits per heavy atom. The van der Waals surface area contributed by atoms with Gasteiger partial charge in [-0.25, -0.2) is 9.59 Å². The molecule has 0 aliphatic carbocycles. The summed E-state index contributed by atoms with van der Waals surface area (Å²) in [4.78, 5) is 69.0. The number of aromatic carboxylic acids is 1. The number of Topliss-reactive ketones (excluding diaryl/α,β-unsaturated/α-hetero) is 1. The van der Waals surface area contributed by atoms with Gasteiger partial charge in [-0.1, -0.05) is 124 Å². The average molecular weight is 845 g/mol. The molecule has 1 aliphatic heterocycles. The SMILES string of the molecule is C[C@@H](O[Si](C)(C)C(C)(C)C)[C@H]1C(=O)N(C(C(=O)OCc2ccc([N+](=O)[O-])cc2)=P(c2ccccc2)(c2ccccc2)c2ccccc2)[C@@H]1CC(=O)c1ccc(C(=O)O)cc1. The fourth-order valence-electron chi connectivity index (χ4n) is 7.47. The van der Waals surface area contributed by atoms with Crippen molar-refractivity contribution in [2.75, 3.05) is 0 Å². The summed E-state index contributed by atoms with van der Waals surface area (Å²) in [6, 6.07) is 39.0. The van der Waals surface area contributed by atoms with E-state index in [0.717, 1.165) is 15.9 Å². The lowest BCUT2D eigenvalue weighted by atomic mass is 9.79. The summed E-state index contributed by atoms with van der Waals surface area (Å²) in [5, 5.41) is 23.0. The van der Waals surface area contributed by atoms with E-state index >= 15 is 9.59 Å². The van der Waals surface area contributed by atoms with E-state index in [1.54, 1.807) is 0 Å². The van der Waals surface area contributed by atoms with Crippen molar-refractivity contribution in [2.45, 2.75) is 71.0 Å². The van der Waals surface area contributed by atoms with Crippen molar-refractivity contribution in [1.82, 2.24) is 4.90 Å². The van der Waals surface area contributed by atoms with Crippen molar-refractivity contribution in [1.29, 1.82) is 0 Å². The highest BCUT2D eigenvalue weighted by Crippen LogP contribution is 2.51. The van der Waals surface area contributed by atoms with Crippen LogP contribution in [0.4, 0.5) is 5.69 Å². The molecule has 1 amide bonds. The van der Waals surface area contributed by atoms with Gasteiger partial charge in [-0.2, -0.15) is 0 Å². The number of amides is 1. The molecule has 13 heteroatoms. The molecule has 0 unspecified atom stereocenters. The van der Waals surface area contributed by atoms with E-state index in [2.05, 4.69) is 33.9 Å². The zero-order chi connectivity index (χ0) is 43.4. The summed E-state index contributed by atoms with van der Waals surface area (Å²) in [7, 11) is -2.47. The first-order valence-electron chi connectivity index (χ1n) is 19.7. The number of nitro benzene ring substituents is 1. The summed E-state index contributed by atoms with van der Waals surface area (Å²) in [6.45, 7) is 8.73. The highest BCUT2D eigenvalue weighted by Gasteiger charge is 2.57. The maximum atomic E-state index is 15.4. The molecule has 6 rings (SSSR count). The van der Waals surface area contributed by atoms with Gasteiger partial charge in [0.25, 0.3) is 5.69 Å². The number of ether oxygens (including phenoxy) is 1. The fourth-order valence-corrected chi connectivity index (χ4v) is 13.3. The van der Waals surface area contributed by atoms with Crippen LogP contribution in [0.1, 0.15) is 60.4 Å². The molecule has 11 nitrogen and oxygen atoms in total. The van der Waals surface area contributed by atoms with Gasteiger partial charge in [0, 0.05) is 31.0 Å². The van der Waals surface area contributed by atoms with E-state index in [9.17, 15) is 24.8 Å². The van der Waals surface area contributed by atoms with E-state index < -0.39 is 56.0 Å². The van der Waals surface area contributed by atoms with Gasteiger partial charge in [-0.05, 0) is 70.8 Å². The number of benzene rings is 5. The third-order valence-corrected chi connectivity index (χ3v) is 20.4. The summed E-state index contributed by atoms with van der Waals surface area (Å²) >= 11 is 0. The first-order chi connectivity index (χ1) is 28.5. The Hall–Kier alpha value is -5.94. The molecule has 310 valence electrons. The largest absolute Gasteiger partial charge is 0.478 e. The molecule has 3 atom stereocenters. The van der Waals surface area contributed by atoms with Gasteiger partial charge in [-0.3, -0.25) is 19.7 Å². The lowest BCUT2D eigenvalue weighted by Crippen LogP contribution is -2.69. The maximum Gasteiger partial charge on any atom is 0.356 e. The number of hydrogen-bond donors (Lipinski definition) is 1. The first-order valence-corrected chi connectivity index (χ1v) is 24.4. The zero-order valence-corrected chi connectivity index (χ0v) is 36.4. The second-order valence-corrected chi connectivity index (χ2v) is 24.5. The number of ketones is 1. The number of β-lactam (4-membered cyclic amide) rings is 1. The Balaban J connectivity index is 1.61. The standard InChI is InChI=1S/C47H49N2O9PSi/c1-32(58-60(5,6)47(2,3)4)42-40(30-41(50)34-24-26-35(27-25-34)45(52)53)48(43(42)51)44(46(54)57-31-33-22-28-36(29-23-33)49(55)56)59(37-16-10-7-11-17-37,38-18-12-8-13-19-38)39-20-14-9-15-21-39/h7-29,32,40,42H,30-31H2,1-6H3,(H,52,53)/t32-,40-,42-/m1/s1. The van der Waals surface area contributed by atoms with Crippen LogP contribution >= 0.6 is 6.89 Å². The van der Waals surface area contributed by atoms with E-state index in [1.165, 1.54) is 53.4 Å². The molecule has 0 bridgehead atoms. The lowest BCUT2D eigenvalue weighted by molar-refractivity contribution is -0.384. The van der Waals surface area contributed by atoms with Crippen LogP contribution in [-0.2, 0) is 25.4 Å². The molecule has 1 aliphatic rings. The molecule has 0 spiro atoms. The van der Waals surface area contributed by atoms with Crippen LogP contribution in [0.15, 0.2) is 140 Å². The average Bonchev–Trinajstić information content (AvgIpc) is 3.23. The molecule has 1 heterocycles. The summed E-state index contributed by atoms with van der Waals surface area (Å²) < 4.78 is 13.0. The number of nitro groups is 1. The highest BCUT2D eigenvalue weighted by molar-refractivity contribution is 7.96. The van der Waals surface area contributed by atoms with E-state index in [-0.39, 0.29) is 46.1 Å². The Morgan fingerprint density at radius 1 is 0.783 bits per heavy atom. The Morgan fingerprint density at radius 2 is 1.25 bits per heavy atom. The molecule has 5 aromatic rings. The number of non-ortho nitro benzene ring substituents is 1. The third-order valence-electron chi connectivity index (χ3n) is 11.6. The number of carbonyl (C=O) groups excluding carboxylic acids is 3. The van der Waals surface area contributed by atoms with Crippen molar-refractivity contribution in [3.05, 3.63) is 166 Å². The van der Waals surface area contributed by atoms with Gasteiger partial charge in [0.15, 0.2) is 14.1 Å². The number of likely N-dealkylation sites (tertiary alicyclic amines) is 1. The molecule has 0 saturated carbocycles. The van der Waals surface area contributed by atoms with Crippen LogP contribution in [0, 0.1) is 16.0 Å². The minimum atomic E-state index is -3.37. The molecule has 5 aromatic carbocycles. The zero-order valence-electron chi connectivity index (χ0n) is 34.5. The molecular formula is C47H49N2O9PSi. The minimum Gasteiger partial charge on any atom is -0.478 e. The topological polar surface area (TPSA) is 153 Å². The second-order valence-electron chi connectivity index (χ2n) is 16.4. The first kappa shape index (κ1) is 43.6.